The molecule has 4 atom stereocenters. The Morgan fingerprint density at radius 2 is 1.77 bits per heavy atom. The molecule has 0 aromatic heterocycles. The Morgan fingerprint density at radius 3 is 2.27 bits per heavy atom. The Bertz CT molecular complexity index is 958. The Hall–Kier alpha value is -3.01. The summed E-state index contributed by atoms with van der Waals surface area (Å²) in [5.41, 5.74) is -2.02. The first-order valence-electron chi connectivity index (χ1n) is 8.61. The SMILES string of the molecule is CC(=O)O[C@@H]1O[C@H](COC(=O)c2ccccc2)[C@@](C#N)(NS(C)(=O)=O)[C@H]1OC(C)=O. The van der Waals surface area contributed by atoms with Gasteiger partial charge in [0, 0.05) is 13.8 Å². The van der Waals surface area contributed by atoms with E-state index in [0.717, 1.165) is 20.1 Å². The number of hydrogen-bond acceptors (Lipinski definition) is 10. The molecule has 1 fully saturated rings. The number of carbonyl (C=O) groups is 3. The summed E-state index contributed by atoms with van der Waals surface area (Å²) in [5, 5.41) is 9.84. The maximum Gasteiger partial charge on any atom is 0.338 e. The Kier molecular flexibility index (Phi) is 7.14. The van der Waals surface area contributed by atoms with Gasteiger partial charge in [-0.2, -0.15) is 9.98 Å². The average molecular weight is 440 g/mol. The van der Waals surface area contributed by atoms with Gasteiger partial charge < -0.3 is 18.9 Å². The van der Waals surface area contributed by atoms with Crippen LogP contribution >= 0.6 is 0 Å². The largest absolute Gasteiger partial charge is 0.459 e. The van der Waals surface area contributed by atoms with Gasteiger partial charge in [0.1, 0.15) is 12.7 Å². The standard InChI is InChI=1S/C18H20N2O9S/c1-11(21)27-15-17(28-12(2)22)29-14(18(15,10-19)20-30(3,24)25)9-26-16(23)13-7-5-4-6-8-13/h4-8,14-15,17,20H,9H2,1-3H3/t14-,15+,17-,18-/m1/s1. The first-order chi connectivity index (χ1) is 14.0. The summed E-state index contributed by atoms with van der Waals surface area (Å²) in [6.45, 7) is 1.48. The number of hydrogen-bond donors (Lipinski definition) is 1. The molecule has 12 heteroatoms. The van der Waals surface area contributed by atoms with Crippen molar-refractivity contribution in [1.82, 2.24) is 4.72 Å². The van der Waals surface area contributed by atoms with Crippen molar-refractivity contribution >= 4 is 27.9 Å². The van der Waals surface area contributed by atoms with Gasteiger partial charge in [0.25, 0.3) is 0 Å². The third-order valence-corrected chi connectivity index (χ3v) is 4.70. The van der Waals surface area contributed by atoms with Crippen LogP contribution in [-0.2, 0) is 38.6 Å². The van der Waals surface area contributed by atoms with E-state index in [9.17, 15) is 28.1 Å². The van der Waals surface area contributed by atoms with E-state index < -0.39 is 58.6 Å². The quantitative estimate of drug-likeness (QED) is 0.447. The minimum Gasteiger partial charge on any atom is -0.459 e. The van der Waals surface area contributed by atoms with Crippen molar-refractivity contribution in [2.24, 2.45) is 0 Å². The predicted octanol–water partition coefficient (Wildman–Crippen LogP) is -0.125. The van der Waals surface area contributed by atoms with Crippen molar-refractivity contribution in [3.8, 4) is 6.07 Å². The second-order valence-corrected chi connectivity index (χ2v) is 8.20. The molecule has 1 N–H and O–H groups in total. The summed E-state index contributed by atoms with van der Waals surface area (Å²) in [7, 11) is -4.05. The highest BCUT2D eigenvalue weighted by Gasteiger charge is 2.63. The summed E-state index contributed by atoms with van der Waals surface area (Å²) >= 11 is 0. The van der Waals surface area contributed by atoms with E-state index >= 15 is 0 Å². The fourth-order valence-electron chi connectivity index (χ4n) is 2.89. The number of ether oxygens (including phenoxy) is 4. The lowest BCUT2D eigenvalue weighted by Crippen LogP contribution is -2.62. The minimum absolute atomic E-state index is 0.210. The van der Waals surface area contributed by atoms with Crippen LogP contribution in [0.2, 0.25) is 0 Å². The molecule has 0 amide bonds. The summed E-state index contributed by atoms with van der Waals surface area (Å²) in [5.74, 6) is -2.46. The zero-order chi connectivity index (χ0) is 22.5. The van der Waals surface area contributed by atoms with Crippen molar-refractivity contribution in [2.45, 2.75) is 37.9 Å². The van der Waals surface area contributed by atoms with E-state index in [1.165, 1.54) is 12.1 Å². The Balaban J connectivity index is 2.38. The molecule has 1 saturated heterocycles. The van der Waals surface area contributed by atoms with Crippen LogP contribution in [0.25, 0.3) is 0 Å². The van der Waals surface area contributed by atoms with Gasteiger partial charge in [-0.15, -0.1) is 0 Å². The lowest BCUT2D eigenvalue weighted by atomic mass is 9.91. The molecule has 0 radical (unpaired) electrons. The monoisotopic (exact) mass is 440 g/mol. The molecule has 1 aromatic carbocycles. The number of nitrogens with one attached hydrogen (secondary N) is 1. The molecular weight excluding hydrogens is 420 g/mol. The van der Waals surface area contributed by atoms with Gasteiger partial charge in [0.05, 0.1) is 17.9 Å². The molecule has 0 unspecified atom stereocenters. The molecule has 11 nitrogen and oxygen atoms in total. The molecule has 0 bridgehead atoms. The maximum atomic E-state index is 12.2. The van der Waals surface area contributed by atoms with E-state index in [-0.39, 0.29) is 5.56 Å². The van der Waals surface area contributed by atoms with Crippen LogP contribution in [0.3, 0.4) is 0 Å². The Labute approximate surface area is 172 Å². The highest BCUT2D eigenvalue weighted by Crippen LogP contribution is 2.35. The first kappa shape index (κ1) is 23.3. The predicted molar refractivity (Wildman–Crippen MR) is 99.0 cm³/mol. The highest BCUT2D eigenvalue weighted by molar-refractivity contribution is 7.88. The van der Waals surface area contributed by atoms with Gasteiger partial charge in [-0.25, -0.2) is 13.2 Å². The first-order valence-corrected chi connectivity index (χ1v) is 10.5. The smallest absolute Gasteiger partial charge is 0.338 e. The minimum atomic E-state index is -4.05. The van der Waals surface area contributed by atoms with Crippen molar-refractivity contribution in [2.75, 3.05) is 12.9 Å². The molecule has 0 aliphatic carbocycles. The molecule has 1 aromatic rings. The topological polar surface area (TPSA) is 158 Å². The fraction of sp³-hybridized carbons (Fsp3) is 0.444. The Morgan fingerprint density at radius 1 is 1.17 bits per heavy atom. The van der Waals surface area contributed by atoms with Crippen LogP contribution < -0.4 is 4.72 Å². The molecule has 30 heavy (non-hydrogen) atoms. The van der Waals surface area contributed by atoms with Crippen LogP contribution in [0, 0.1) is 11.3 Å². The van der Waals surface area contributed by atoms with E-state index in [0.29, 0.717) is 0 Å². The van der Waals surface area contributed by atoms with Gasteiger partial charge in [-0.05, 0) is 12.1 Å². The molecule has 2 rings (SSSR count). The number of nitriles is 1. The normalized spacial score (nSPS) is 25.7. The maximum absolute atomic E-state index is 12.2. The lowest BCUT2D eigenvalue weighted by Gasteiger charge is -2.31. The van der Waals surface area contributed by atoms with Crippen molar-refractivity contribution in [1.29, 1.82) is 5.26 Å². The van der Waals surface area contributed by atoms with E-state index in [1.54, 1.807) is 24.3 Å². The number of carbonyl (C=O) groups excluding carboxylic acids is 3. The number of benzene rings is 1. The second-order valence-electron chi connectivity index (χ2n) is 6.45. The molecular formula is C18H20N2O9S. The highest BCUT2D eigenvalue weighted by atomic mass is 32.2. The third-order valence-electron chi connectivity index (χ3n) is 3.99. The van der Waals surface area contributed by atoms with Crippen molar-refractivity contribution < 1.29 is 41.7 Å². The van der Waals surface area contributed by atoms with Crippen LogP contribution in [-0.4, -0.2) is 63.2 Å². The lowest BCUT2D eigenvalue weighted by molar-refractivity contribution is -0.195. The van der Waals surface area contributed by atoms with Gasteiger partial charge in [0.15, 0.2) is 11.6 Å². The fourth-order valence-corrected chi connectivity index (χ4v) is 3.79. The van der Waals surface area contributed by atoms with Gasteiger partial charge in [0.2, 0.25) is 16.3 Å². The summed E-state index contributed by atoms with van der Waals surface area (Å²) < 4.78 is 46.6. The van der Waals surface area contributed by atoms with Crippen LogP contribution in [0.4, 0.5) is 0 Å². The van der Waals surface area contributed by atoms with Crippen molar-refractivity contribution in [3.63, 3.8) is 0 Å². The number of rotatable bonds is 7. The molecule has 1 aliphatic rings. The molecule has 1 aliphatic heterocycles. The number of sulfonamides is 1. The molecule has 162 valence electrons. The second kappa shape index (κ2) is 9.21. The van der Waals surface area contributed by atoms with E-state index in [2.05, 4.69) is 4.72 Å². The van der Waals surface area contributed by atoms with Crippen LogP contribution in [0.15, 0.2) is 30.3 Å². The van der Waals surface area contributed by atoms with Crippen LogP contribution in [0.5, 0.6) is 0 Å². The summed E-state index contributed by atoms with van der Waals surface area (Å²) in [6.07, 6.45) is -3.94. The molecule has 0 saturated carbocycles. The zero-order valence-corrected chi connectivity index (χ0v) is 17.2. The van der Waals surface area contributed by atoms with E-state index in [4.69, 9.17) is 18.9 Å². The molecule has 1 heterocycles. The summed E-state index contributed by atoms with van der Waals surface area (Å²) in [4.78, 5) is 35.2. The molecule has 0 spiro atoms. The van der Waals surface area contributed by atoms with Gasteiger partial charge in [-0.1, -0.05) is 18.2 Å². The zero-order valence-electron chi connectivity index (χ0n) is 16.4. The van der Waals surface area contributed by atoms with Crippen molar-refractivity contribution in [3.05, 3.63) is 35.9 Å². The average Bonchev–Trinajstić information content (AvgIpc) is 2.91. The number of nitrogens with zero attached hydrogens (tertiary/aromatic N) is 1. The van der Waals surface area contributed by atoms with E-state index in [1.807, 2.05) is 0 Å². The third kappa shape index (κ3) is 5.53. The van der Waals surface area contributed by atoms with Crippen LogP contribution in [0.1, 0.15) is 24.2 Å². The summed E-state index contributed by atoms with van der Waals surface area (Å²) in [6, 6.07) is 9.64. The van der Waals surface area contributed by atoms with Gasteiger partial charge in [-0.3, -0.25) is 9.59 Å². The van der Waals surface area contributed by atoms with Gasteiger partial charge >= 0.3 is 17.9 Å². The number of esters is 3.